The number of nitrogens with zero attached hydrogens (tertiary/aromatic N) is 1. The largest absolute Gasteiger partial charge is 0.477 e. The number of carboxylic acid groups (broad SMARTS) is 1. The van der Waals surface area contributed by atoms with Crippen LogP contribution in [0.25, 0.3) is 0 Å². The van der Waals surface area contributed by atoms with Crippen LogP contribution in [0.2, 0.25) is 0 Å². The van der Waals surface area contributed by atoms with Crippen molar-refractivity contribution in [1.29, 1.82) is 0 Å². The zero-order valence-corrected chi connectivity index (χ0v) is 12.0. The molecule has 0 amide bonds. The monoisotopic (exact) mass is 287 g/mol. The third-order valence-electron chi connectivity index (χ3n) is 3.80. The summed E-state index contributed by atoms with van der Waals surface area (Å²) >= 11 is 1.38. The maximum absolute atomic E-state index is 10.9. The number of aromatic carboxylic acids is 1. The first-order valence-electron chi connectivity index (χ1n) is 6.81. The van der Waals surface area contributed by atoms with Crippen LogP contribution in [-0.2, 0) is 6.54 Å². The Morgan fingerprint density at radius 3 is 2.75 bits per heavy atom. The number of thiophene rings is 1. The van der Waals surface area contributed by atoms with Crippen molar-refractivity contribution in [2.24, 2.45) is 0 Å². The zero-order valence-electron chi connectivity index (χ0n) is 11.2. The van der Waals surface area contributed by atoms with Gasteiger partial charge in [-0.1, -0.05) is 30.3 Å². The predicted molar refractivity (Wildman–Crippen MR) is 80.4 cm³/mol. The minimum Gasteiger partial charge on any atom is -0.477 e. The van der Waals surface area contributed by atoms with Crippen LogP contribution in [0.3, 0.4) is 0 Å². The molecule has 1 aromatic heterocycles. The highest BCUT2D eigenvalue weighted by Crippen LogP contribution is 2.29. The fourth-order valence-corrected chi connectivity index (χ4v) is 3.66. The van der Waals surface area contributed by atoms with E-state index >= 15 is 0 Å². The van der Waals surface area contributed by atoms with Crippen LogP contribution >= 0.6 is 11.3 Å². The molecule has 0 radical (unpaired) electrons. The minimum atomic E-state index is -0.829. The second-order valence-corrected chi connectivity index (χ2v) is 6.37. The molecule has 1 fully saturated rings. The van der Waals surface area contributed by atoms with Gasteiger partial charge in [-0.2, -0.15) is 0 Å². The van der Waals surface area contributed by atoms with Crippen LogP contribution in [0.1, 0.15) is 32.5 Å². The molecule has 2 heterocycles. The van der Waals surface area contributed by atoms with Gasteiger partial charge in [0.25, 0.3) is 0 Å². The summed E-state index contributed by atoms with van der Waals surface area (Å²) in [7, 11) is 0. The average molecular weight is 287 g/mol. The quantitative estimate of drug-likeness (QED) is 0.936. The van der Waals surface area contributed by atoms with Gasteiger partial charge in [-0.05, 0) is 36.6 Å². The average Bonchev–Trinajstić information content (AvgIpc) is 3.10. The molecule has 3 rings (SSSR count). The first-order valence-corrected chi connectivity index (χ1v) is 7.63. The normalized spacial score (nSPS) is 19.3. The van der Waals surface area contributed by atoms with E-state index in [4.69, 9.17) is 5.11 Å². The fraction of sp³-hybridized carbons (Fsp3) is 0.312. The van der Waals surface area contributed by atoms with Crippen LogP contribution in [0.15, 0.2) is 42.5 Å². The molecular formula is C16H17NO2S. The summed E-state index contributed by atoms with van der Waals surface area (Å²) < 4.78 is 0. The molecule has 3 nitrogen and oxygen atoms in total. The Balaban J connectivity index is 1.61. The second-order valence-electron chi connectivity index (χ2n) is 5.20. The summed E-state index contributed by atoms with van der Waals surface area (Å²) in [4.78, 5) is 14.9. The van der Waals surface area contributed by atoms with Crippen LogP contribution in [-0.4, -0.2) is 29.1 Å². The molecular weight excluding hydrogens is 270 g/mol. The number of hydrogen-bond donors (Lipinski definition) is 1. The molecule has 1 unspecified atom stereocenters. The summed E-state index contributed by atoms with van der Waals surface area (Å²) in [6.07, 6.45) is 1.18. The Bertz CT molecular complexity index is 594. The van der Waals surface area contributed by atoms with Crippen molar-refractivity contribution in [1.82, 2.24) is 4.90 Å². The first kappa shape index (κ1) is 13.3. The molecule has 0 bridgehead atoms. The number of hydrogen-bond acceptors (Lipinski definition) is 3. The van der Waals surface area contributed by atoms with E-state index in [0.717, 1.165) is 24.5 Å². The Hall–Kier alpha value is -1.65. The molecule has 0 spiro atoms. The van der Waals surface area contributed by atoms with Gasteiger partial charge in [-0.15, -0.1) is 11.3 Å². The summed E-state index contributed by atoms with van der Waals surface area (Å²) in [6.45, 7) is 3.01. The minimum absolute atomic E-state index is 0.429. The molecule has 1 aliphatic heterocycles. The summed E-state index contributed by atoms with van der Waals surface area (Å²) in [5.41, 5.74) is 1.41. The third kappa shape index (κ3) is 2.92. The third-order valence-corrected chi connectivity index (χ3v) is 4.85. The SMILES string of the molecule is O=C(O)c1ccc(CN2CCC(c3ccccc3)C2)s1. The lowest BCUT2D eigenvalue weighted by Crippen LogP contribution is -2.19. The van der Waals surface area contributed by atoms with Crippen molar-refractivity contribution in [3.05, 3.63) is 57.8 Å². The van der Waals surface area contributed by atoms with E-state index in [-0.39, 0.29) is 0 Å². The molecule has 20 heavy (non-hydrogen) atoms. The Morgan fingerprint density at radius 1 is 1.25 bits per heavy atom. The maximum Gasteiger partial charge on any atom is 0.345 e. The van der Waals surface area contributed by atoms with Gasteiger partial charge in [0.15, 0.2) is 0 Å². The van der Waals surface area contributed by atoms with Crippen LogP contribution in [0.5, 0.6) is 0 Å². The van der Waals surface area contributed by atoms with Crippen molar-refractivity contribution in [2.75, 3.05) is 13.1 Å². The van der Waals surface area contributed by atoms with Crippen molar-refractivity contribution >= 4 is 17.3 Å². The molecule has 0 aliphatic carbocycles. The lowest BCUT2D eigenvalue weighted by Gasteiger charge is -2.15. The molecule has 2 aromatic rings. The fourth-order valence-electron chi connectivity index (χ4n) is 2.77. The van der Waals surface area contributed by atoms with Crippen LogP contribution in [0.4, 0.5) is 0 Å². The Labute approximate surface area is 122 Å². The molecule has 1 saturated heterocycles. The number of rotatable bonds is 4. The van der Waals surface area contributed by atoms with Gasteiger partial charge < -0.3 is 5.11 Å². The zero-order chi connectivity index (χ0) is 13.9. The Morgan fingerprint density at radius 2 is 2.05 bits per heavy atom. The molecule has 0 saturated carbocycles. The van der Waals surface area contributed by atoms with Crippen LogP contribution < -0.4 is 0 Å². The lowest BCUT2D eigenvalue weighted by molar-refractivity contribution is 0.0702. The summed E-state index contributed by atoms with van der Waals surface area (Å²) in [6, 6.07) is 14.3. The number of carbonyl (C=O) groups is 1. The lowest BCUT2D eigenvalue weighted by atomic mass is 9.99. The maximum atomic E-state index is 10.9. The van der Waals surface area contributed by atoms with Gasteiger partial charge in [0.1, 0.15) is 4.88 Å². The van der Waals surface area contributed by atoms with Crippen LogP contribution in [0, 0.1) is 0 Å². The smallest absolute Gasteiger partial charge is 0.345 e. The standard InChI is InChI=1S/C16H17NO2S/c18-16(19)15-7-6-14(20-15)11-17-9-8-13(10-17)12-4-2-1-3-5-12/h1-7,13H,8-11H2,(H,18,19). The van der Waals surface area contributed by atoms with Crippen molar-refractivity contribution < 1.29 is 9.90 Å². The van der Waals surface area contributed by atoms with Crippen molar-refractivity contribution in [3.8, 4) is 0 Å². The van der Waals surface area contributed by atoms with Gasteiger partial charge in [-0.25, -0.2) is 4.79 Å². The molecule has 4 heteroatoms. The highest BCUT2D eigenvalue weighted by atomic mass is 32.1. The van der Waals surface area contributed by atoms with E-state index < -0.39 is 5.97 Å². The molecule has 1 aliphatic rings. The number of carboxylic acids is 1. The van der Waals surface area contributed by atoms with Crippen molar-refractivity contribution in [2.45, 2.75) is 18.9 Å². The second kappa shape index (κ2) is 5.77. The highest BCUT2D eigenvalue weighted by molar-refractivity contribution is 7.13. The number of benzene rings is 1. The predicted octanol–water partition coefficient (Wildman–Crippen LogP) is 3.44. The van der Waals surface area contributed by atoms with E-state index in [1.54, 1.807) is 6.07 Å². The van der Waals surface area contributed by atoms with Crippen molar-refractivity contribution in [3.63, 3.8) is 0 Å². The molecule has 1 N–H and O–H groups in total. The summed E-state index contributed by atoms with van der Waals surface area (Å²) in [5, 5.41) is 8.95. The van der Waals surface area contributed by atoms with E-state index in [2.05, 4.69) is 35.2 Å². The van der Waals surface area contributed by atoms with Gasteiger partial charge in [0, 0.05) is 18.0 Å². The van der Waals surface area contributed by atoms with E-state index in [1.165, 1.54) is 23.3 Å². The van der Waals surface area contributed by atoms with Gasteiger partial charge in [0.2, 0.25) is 0 Å². The van der Waals surface area contributed by atoms with E-state index in [9.17, 15) is 4.79 Å². The topological polar surface area (TPSA) is 40.5 Å². The van der Waals surface area contributed by atoms with Gasteiger partial charge >= 0.3 is 5.97 Å². The first-order chi connectivity index (χ1) is 9.72. The van der Waals surface area contributed by atoms with Gasteiger partial charge in [-0.3, -0.25) is 4.90 Å². The van der Waals surface area contributed by atoms with E-state index in [0.29, 0.717) is 10.8 Å². The molecule has 1 aromatic carbocycles. The number of likely N-dealkylation sites (tertiary alicyclic amines) is 1. The highest BCUT2D eigenvalue weighted by Gasteiger charge is 2.24. The summed E-state index contributed by atoms with van der Waals surface area (Å²) in [5.74, 6) is -0.222. The molecule has 1 atom stereocenters. The van der Waals surface area contributed by atoms with E-state index in [1.807, 2.05) is 6.07 Å². The Kier molecular flexibility index (Phi) is 3.85. The molecule has 104 valence electrons. The van der Waals surface area contributed by atoms with Gasteiger partial charge in [0.05, 0.1) is 0 Å².